The summed E-state index contributed by atoms with van der Waals surface area (Å²) < 4.78 is 25.7. The first-order valence-corrected chi connectivity index (χ1v) is 7.23. The van der Waals surface area contributed by atoms with Crippen molar-refractivity contribution in [2.24, 2.45) is 0 Å². The van der Waals surface area contributed by atoms with Crippen LogP contribution in [0.2, 0.25) is 0 Å². The normalized spacial score (nSPS) is 20.8. The van der Waals surface area contributed by atoms with Crippen LogP contribution in [0.3, 0.4) is 0 Å². The molecule has 1 aliphatic rings. The van der Waals surface area contributed by atoms with Crippen molar-refractivity contribution in [1.82, 2.24) is 19.6 Å². The largest absolute Gasteiger partial charge is 0.368 e. The molecule has 0 bridgehead atoms. The van der Waals surface area contributed by atoms with Crippen LogP contribution in [0.25, 0.3) is 0 Å². The van der Waals surface area contributed by atoms with Gasteiger partial charge in [0.15, 0.2) is 0 Å². The second kappa shape index (κ2) is 5.13. The fraction of sp³-hybridized carbons (Fsp3) is 0.400. The third kappa shape index (κ3) is 2.47. The summed E-state index contributed by atoms with van der Waals surface area (Å²) in [5.74, 6) is -1.37. The Balaban J connectivity index is 2.43. The molecule has 1 atom stereocenters. The highest BCUT2D eigenvalue weighted by Gasteiger charge is 2.40. The summed E-state index contributed by atoms with van der Waals surface area (Å²) in [7, 11) is -4.03. The van der Waals surface area contributed by atoms with Gasteiger partial charge in [0.2, 0.25) is 27.8 Å². The summed E-state index contributed by atoms with van der Waals surface area (Å²) in [5, 5.41) is 2.11. The molecule has 10 heteroatoms. The average molecular weight is 299 g/mol. The Kier molecular flexibility index (Phi) is 3.68. The number of hydrogen-bond donors (Lipinski definition) is 2. The van der Waals surface area contributed by atoms with Gasteiger partial charge in [0, 0.05) is 0 Å². The minimum atomic E-state index is -4.03. The first-order chi connectivity index (χ1) is 9.36. The number of imide groups is 1. The minimum absolute atomic E-state index is 0.0662. The molecule has 2 heterocycles. The van der Waals surface area contributed by atoms with Gasteiger partial charge in [-0.05, 0) is 6.42 Å². The van der Waals surface area contributed by atoms with E-state index in [0.29, 0.717) is 0 Å². The maximum absolute atomic E-state index is 12.4. The summed E-state index contributed by atoms with van der Waals surface area (Å²) >= 11 is 0. The van der Waals surface area contributed by atoms with Gasteiger partial charge in [-0.3, -0.25) is 14.9 Å². The minimum Gasteiger partial charge on any atom is -0.368 e. The van der Waals surface area contributed by atoms with E-state index in [9.17, 15) is 18.0 Å². The molecule has 1 saturated heterocycles. The van der Waals surface area contributed by atoms with Crippen molar-refractivity contribution in [1.29, 1.82) is 0 Å². The van der Waals surface area contributed by atoms with Crippen LogP contribution in [0.15, 0.2) is 17.3 Å². The summed E-state index contributed by atoms with van der Waals surface area (Å²) in [4.78, 5) is 30.1. The highest BCUT2D eigenvalue weighted by Crippen LogP contribution is 2.20. The molecule has 1 aliphatic heterocycles. The second-order valence-corrected chi connectivity index (χ2v) is 6.05. The number of amides is 2. The molecule has 0 spiro atoms. The van der Waals surface area contributed by atoms with Gasteiger partial charge in [-0.2, -0.15) is 4.31 Å². The number of rotatable bonds is 3. The molecule has 0 radical (unpaired) electrons. The number of nitrogens with two attached hydrogens (primary N) is 1. The van der Waals surface area contributed by atoms with E-state index in [0.717, 1.165) is 16.7 Å². The van der Waals surface area contributed by atoms with Gasteiger partial charge in [-0.1, -0.05) is 6.92 Å². The number of carbonyl (C=O) groups excluding carboxylic acids is 2. The molecule has 3 N–H and O–H groups in total. The Bertz CT molecular complexity index is 642. The number of anilines is 1. The lowest BCUT2D eigenvalue weighted by Crippen LogP contribution is -2.59. The molecular weight excluding hydrogens is 286 g/mol. The molecule has 0 aliphatic carbocycles. The van der Waals surface area contributed by atoms with E-state index in [4.69, 9.17) is 5.73 Å². The number of sulfonamides is 1. The number of aromatic nitrogens is 2. The standard InChI is InChI=1S/C10H13N5O4S/c1-2-7-9(17)14-8(16)5-15(7)20(18,19)6-3-12-10(11)13-4-6/h3-4,7H,2,5H2,1H3,(H2,11,12,13)(H,14,16,17). The fourth-order valence-electron chi connectivity index (χ4n) is 1.88. The zero-order valence-electron chi connectivity index (χ0n) is 10.6. The van der Waals surface area contributed by atoms with Crippen LogP contribution in [0, 0.1) is 0 Å². The molecule has 9 nitrogen and oxygen atoms in total. The Labute approximate surface area is 115 Å². The van der Waals surface area contributed by atoms with Crippen LogP contribution >= 0.6 is 0 Å². The predicted octanol–water partition coefficient (Wildman–Crippen LogP) is -1.52. The monoisotopic (exact) mass is 299 g/mol. The lowest BCUT2D eigenvalue weighted by atomic mass is 10.2. The molecule has 2 rings (SSSR count). The zero-order chi connectivity index (χ0) is 14.9. The van der Waals surface area contributed by atoms with Crippen LogP contribution in [-0.4, -0.2) is 47.1 Å². The number of nitrogen functional groups attached to an aromatic ring is 1. The van der Waals surface area contributed by atoms with Crippen LogP contribution in [0.5, 0.6) is 0 Å². The Morgan fingerprint density at radius 1 is 1.40 bits per heavy atom. The SMILES string of the molecule is CCC1C(=O)NC(=O)CN1S(=O)(=O)c1cnc(N)nc1. The molecule has 1 unspecified atom stereocenters. The van der Waals surface area contributed by atoms with Gasteiger partial charge in [0.05, 0.1) is 18.9 Å². The maximum Gasteiger partial charge on any atom is 0.247 e. The third-order valence-electron chi connectivity index (χ3n) is 2.85. The van der Waals surface area contributed by atoms with Gasteiger partial charge >= 0.3 is 0 Å². The Morgan fingerprint density at radius 2 is 2.00 bits per heavy atom. The molecule has 2 amide bonds. The summed E-state index contributed by atoms with van der Waals surface area (Å²) in [6, 6.07) is -0.935. The Hall–Kier alpha value is -2.07. The number of hydrogen-bond acceptors (Lipinski definition) is 7. The van der Waals surface area contributed by atoms with Crippen molar-refractivity contribution in [2.45, 2.75) is 24.3 Å². The maximum atomic E-state index is 12.4. The molecule has 1 fully saturated rings. The molecule has 108 valence electrons. The van der Waals surface area contributed by atoms with Gasteiger partial charge in [-0.15, -0.1) is 0 Å². The van der Waals surface area contributed by atoms with E-state index in [1.54, 1.807) is 6.92 Å². The van der Waals surface area contributed by atoms with Gasteiger partial charge in [0.25, 0.3) is 0 Å². The third-order valence-corrected chi connectivity index (χ3v) is 4.66. The van der Waals surface area contributed by atoms with Gasteiger partial charge in [-0.25, -0.2) is 18.4 Å². The second-order valence-electron chi connectivity index (χ2n) is 4.16. The molecule has 0 aromatic carbocycles. The average Bonchev–Trinajstić information content (AvgIpc) is 2.38. The van der Waals surface area contributed by atoms with Crippen molar-refractivity contribution in [3.8, 4) is 0 Å². The first-order valence-electron chi connectivity index (χ1n) is 5.79. The fourth-order valence-corrected chi connectivity index (χ4v) is 3.39. The smallest absolute Gasteiger partial charge is 0.247 e. The molecule has 0 saturated carbocycles. The molecule has 1 aromatic heterocycles. The summed E-state index contributed by atoms with van der Waals surface area (Å²) in [5.41, 5.74) is 5.30. The highest BCUT2D eigenvalue weighted by atomic mass is 32.2. The van der Waals surface area contributed by atoms with Crippen molar-refractivity contribution >= 4 is 27.8 Å². The highest BCUT2D eigenvalue weighted by molar-refractivity contribution is 7.89. The van der Waals surface area contributed by atoms with Crippen LogP contribution in [0.4, 0.5) is 5.95 Å². The van der Waals surface area contributed by atoms with E-state index in [-0.39, 0.29) is 17.3 Å². The van der Waals surface area contributed by atoms with E-state index in [1.165, 1.54) is 0 Å². The van der Waals surface area contributed by atoms with E-state index >= 15 is 0 Å². The van der Waals surface area contributed by atoms with Gasteiger partial charge < -0.3 is 5.73 Å². The number of nitrogens with zero attached hydrogens (tertiary/aromatic N) is 3. The topological polar surface area (TPSA) is 135 Å². The van der Waals surface area contributed by atoms with E-state index in [2.05, 4.69) is 15.3 Å². The number of nitrogens with one attached hydrogen (secondary N) is 1. The lowest BCUT2D eigenvalue weighted by Gasteiger charge is -2.32. The summed E-state index contributed by atoms with van der Waals surface area (Å²) in [6.07, 6.45) is 2.33. The quantitative estimate of drug-likeness (QED) is 0.647. The van der Waals surface area contributed by atoms with Crippen molar-refractivity contribution in [3.05, 3.63) is 12.4 Å². The molecule has 1 aromatic rings. The van der Waals surface area contributed by atoms with Crippen LogP contribution in [-0.2, 0) is 19.6 Å². The predicted molar refractivity (Wildman–Crippen MR) is 67.6 cm³/mol. The first kappa shape index (κ1) is 14.3. The van der Waals surface area contributed by atoms with Crippen molar-refractivity contribution < 1.29 is 18.0 Å². The van der Waals surface area contributed by atoms with Crippen molar-refractivity contribution in [3.63, 3.8) is 0 Å². The van der Waals surface area contributed by atoms with Crippen molar-refractivity contribution in [2.75, 3.05) is 12.3 Å². The van der Waals surface area contributed by atoms with Crippen LogP contribution in [0.1, 0.15) is 13.3 Å². The zero-order valence-corrected chi connectivity index (χ0v) is 11.4. The number of piperazine rings is 1. The van der Waals surface area contributed by atoms with E-state index in [1.807, 2.05) is 0 Å². The van der Waals surface area contributed by atoms with Gasteiger partial charge in [0.1, 0.15) is 10.9 Å². The number of carbonyl (C=O) groups is 2. The lowest BCUT2D eigenvalue weighted by molar-refractivity contribution is -0.137. The molecular formula is C10H13N5O4S. The summed E-state index contributed by atoms with van der Waals surface area (Å²) in [6.45, 7) is 1.24. The Morgan fingerprint density at radius 3 is 2.55 bits per heavy atom. The molecule has 20 heavy (non-hydrogen) atoms. The van der Waals surface area contributed by atoms with Crippen LogP contribution < -0.4 is 11.1 Å². The van der Waals surface area contributed by atoms with E-state index < -0.39 is 34.4 Å².